The number of carbonyl (C=O) groups is 1. The van der Waals surface area contributed by atoms with Crippen LogP contribution in [0, 0.1) is 6.92 Å². The minimum atomic E-state index is -1.30. The zero-order valence-corrected chi connectivity index (χ0v) is 10.5. The number of hydrogen-bond donors (Lipinski definition) is 1. The normalized spacial score (nSPS) is 11.9. The lowest BCUT2D eigenvalue weighted by atomic mass is 10.1. The van der Waals surface area contributed by atoms with E-state index >= 15 is 0 Å². The van der Waals surface area contributed by atoms with E-state index in [1.54, 1.807) is 6.07 Å². The highest BCUT2D eigenvalue weighted by atomic mass is 32.1. The van der Waals surface area contributed by atoms with Crippen LogP contribution in [0.4, 0.5) is 0 Å². The zero-order chi connectivity index (χ0) is 12.8. The van der Waals surface area contributed by atoms with E-state index < -0.39 is 11.5 Å². The predicted octanol–water partition coefficient (Wildman–Crippen LogP) is 1.59. The van der Waals surface area contributed by atoms with E-state index in [2.05, 4.69) is 4.98 Å². The van der Waals surface area contributed by atoms with Gasteiger partial charge in [0.15, 0.2) is 0 Å². The molecule has 17 heavy (non-hydrogen) atoms. The molecule has 0 aliphatic heterocycles. The number of fused-ring (bicyclic) bond motifs is 1. The number of aryl methyl sites for hydroxylation is 1. The van der Waals surface area contributed by atoms with Gasteiger partial charge in [0.1, 0.15) is 16.7 Å². The van der Waals surface area contributed by atoms with Gasteiger partial charge in [0.25, 0.3) is 5.56 Å². The van der Waals surface area contributed by atoms with Gasteiger partial charge in [0.2, 0.25) is 0 Å². The van der Waals surface area contributed by atoms with Gasteiger partial charge in [-0.1, -0.05) is 0 Å². The van der Waals surface area contributed by atoms with E-state index in [1.165, 1.54) is 31.5 Å². The second-order valence-corrected chi connectivity index (χ2v) is 5.59. The van der Waals surface area contributed by atoms with E-state index in [-0.39, 0.29) is 5.56 Å². The third-order valence-corrected chi connectivity index (χ3v) is 3.66. The van der Waals surface area contributed by atoms with Crippen molar-refractivity contribution in [1.82, 2.24) is 9.55 Å². The van der Waals surface area contributed by atoms with Gasteiger partial charge < -0.3 is 5.11 Å². The van der Waals surface area contributed by atoms with Crippen LogP contribution in [0.1, 0.15) is 18.7 Å². The fourth-order valence-corrected chi connectivity index (χ4v) is 2.38. The number of carboxylic acid groups (broad SMARTS) is 1. The van der Waals surface area contributed by atoms with Crippen molar-refractivity contribution >= 4 is 27.5 Å². The SMILES string of the molecule is Cc1cc2c(=O)n(C(C)(C)C(=O)O)cnc2s1. The van der Waals surface area contributed by atoms with Gasteiger partial charge in [-0.25, -0.2) is 9.78 Å². The molecule has 0 radical (unpaired) electrons. The van der Waals surface area contributed by atoms with Gasteiger partial charge in [0, 0.05) is 4.88 Å². The first-order valence-electron chi connectivity index (χ1n) is 5.05. The fourth-order valence-electron chi connectivity index (χ4n) is 1.54. The van der Waals surface area contributed by atoms with Gasteiger partial charge in [-0.15, -0.1) is 11.3 Å². The summed E-state index contributed by atoms with van der Waals surface area (Å²) in [6.07, 6.45) is 1.30. The van der Waals surface area contributed by atoms with Crippen molar-refractivity contribution in [1.29, 1.82) is 0 Å². The highest BCUT2D eigenvalue weighted by Gasteiger charge is 2.31. The molecule has 0 amide bonds. The van der Waals surface area contributed by atoms with Crippen molar-refractivity contribution in [2.24, 2.45) is 0 Å². The summed E-state index contributed by atoms with van der Waals surface area (Å²) in [4.78, 5) is 29.0. The molecule has 2 heterocycles. The number of carboxylic acids is 1. The molecule has 5 nitrogen and oxygen atoms in total. The Labute approximate surface area is 101 Å². The third kappa shape index (κ3) is 1.74. The molecule has 0 saturated heterocycles. The second-order valence-electron chi connectivity index (χ2n) is 4.36. The number of aliphatic carboxylic acids is 1. The maximum atomic E-state index is 12.2. The molecule has 0 saturated carbocycles. The number of rotatable bonds is 2. The first kappa shape index (κ1) is 11.8. The lowest BCUT2D eigenvalue weighted by Gasteiger charge is -2.21. The molecule has 1 N–H and O–H groups in total. The first-order chi connectivity index (χ1) is 7.84. The first-order valence-corrected chi connectivity index (χ1v) is 5.87. The van der Waals surface area contributed by atoms with Crippen molar-refractivity contribution in [3.8, 4) is 0 Å². The van der Waals surface area contributed by atoms with Crippen LogP contribution in [0.3, 0.4) is 0 Å². The largest absolute Gasteiger partial charge is 0.480 e. The minimum absolute atomic E-state index is 0.313. The van der Waals surface area contributed by atoms with E-state index in [1.807, 2.05) is 6.92 Å². The maximum Gasteiger partial charge on any atom is 0.329 e. The van der Waals surface area contributed by atoms with Crippen LogP contribution in [-0.2, 0) is 10.3 Å². The van der Waals surface area contributed by atoms with E-state index in [0.29, 0.717) is 10.2 Å². The van der Waals surface area contributed by atoms with E-state index in [0.717, 1.165) is 9.44 Å². The minimum Gasteiger partial charge on any atom is -0.480 e. The summed E-state index contributed by atoms with van der Waals surface area (Å²) in [5, 5.41) is 9.59. The number of hydrogen-bond acceptors (Lipinski definition) is 4. The van der Waals surface area contributed by atoms with Crippen molar-refractivity contribution in [2.75, 3.05) is 0 Å². The molecule has 0 aromatic carbocycles. The standard InChI is InChI=1S/C11H12N2O3S/c1-6-4-7-8(17-6)12-5-13(9(7)14)11(2,3)10(15)16/h4-5H,1-3H3,(H,15,16). The molecule has 0 atom stereocenters. The molecule has 0 aliphatic carbocycles. The fraction of sp³-hybridized carbons (Fsp3) is 0.364. The Bertz CT molecular complexity index is 654. The van der Waals surface area contributed by atoms with Crippen molar-refractivity contribution in [2.45, 2.75) is 26.3 Å². The van der Waals surface area contributed by atoms with Crippen molar-refractivity contribution in [3.63, 3.8) is 0 Å². The highest BCUT2D eigenvalue weighted by Crippen LogP contribution is 2.21. The number of thiophene rings is 1. The third-order valence-electron chi connectivity index (χ3n) is 2.70. The summed E-state index contributed by atoms with van der Waals surface area (Å²) < 4.78 is 1.16. The van der Waals surface area contributed by atoms with Gasteiger partial charge in [-0.05, 0) is 26.8 Å². The van der Waals surface area contributed by atoms with Gasteiger partial charge in [-0.3, -0.25) is 9.36 Å². The highest BCUT2D eigenvalue weighted by molar-refractivity contribution is 7.18. The average Bonchev–Trinajstić information content (AvgIpc) is 2.59. The Hall–Kier alpha value is -1.69. The molecule has 6 heteroatoms. The van der Waals surface area contributed by atoms with Crippen LogP contribution in [0.25, 0.3) is 10.2 Å². The average molecular weight is 252 g/mol. The predicted molar refractivity (Wildman–Crippen MR) is 65.6 cm³/mol. The molecule has 2 aromatic rings. The number of aromatic nitrogens is 2. The molecule has 2 aromatic heterocycles. The summed E-state index contributed by atoms with van der Waals surface area (Å²) in [5.74, 6) is -1.06. The smallest absolute Gasteiger partial charge is 0.329 e. The monoisotopic (exact) mass is 252 g/mol. The quantitative estimate of drug-likeness (QED) is 0.880. The van der Waals surface area contributed by atoms with Crippen LogP contribution in [-0.4, -0.2) is 20.6 Å². The maximum absolute atomic E-state index is 12.2. The van der Waals surface area contributed by atoms with Gasteiger partial charge >= 0.3 is 5.97 Å². The molecule has 2 rings (SSSR count). The number of nitrogens with zero attached hydrogens (tertiary/aromatic N) is 2. The molecule has 0 aliphatic rings. The lowest BCUT2D eigenvalue weighted by Crippen LogP contribution is -2.42. The second kappa shape index (κ2) is 3.66. The van der Waals surface area contributed by atoms with E-state index in [4.69, 9.17) is 5.11 Å². The van der Waals surface area contributed by atoms with Crippen molar-refractivity contribution < 1.29 is 9.90 Å². The summed E-state index contributed by atoms with van der Waals surface area (Å²) in [6.45, 7) is 4.84. The van der Waals surface area contributed by atoms with Gasteiger partial charge in [0.05, 0.1) is 5.39 Å². The van der Waals surface area contributed by atoms with E-state index in [9.17, 15) is 9.59 Å². The van der Waals surface area contributed by atoms with Crippen LogP contribution in [0.15, 0.2) is 17.2 Å². The Morgan fingerprint density at radius 3 is 2.76 bits per heavy atom. The van der Waals surface area contributed by atoms with Crippen molar-refractivity contribution in [3.05, 3.63) is 27.6 Å². The van der Waals surface area contributed by atoms with Crippen LogP contribution >= 0.6 is 11.3 Å². The molecular formula is C11H12N2O3S. The molecule has 0 spiro atoms. The molecule has 0 bridgehead atoms. The Morgan fingerprint density at radius 2 is 2.18 bits per heavy atom. The Kier molecular flexibility index (Phi) is 2.54. The Morgan fingerprint density at radius 1 is 1.53 bits per heavy atom. The zero-order valence-electron chi connectivity index (χ0n) is 9.72. The molecule has 0 fully saturated rings. The summed E-state index contributed by atoms with van der Waals surface area (Å²) in [7, 11) is 0. The van der Waals surface area contributed by atoms with Crippen LogP contribution in [0.5, 0.6) is 0 Å². The summed E-state index contributed by atoms with van der Waals surface area (Å²) in [5.41, 5.74) is -1.61. The lowest BCUT2D eigenvalue weighted by molar-refractivity contribution is -0.145. The topological polar surface area (TPSA) is 72.2 Å². The molecule has 90 valence electrons. The van der Waals surface area contributed by atoms with Crippen LogP contribution in [0.2, 0.25) is 0 Å². The Balaban J connectivity index is 2.77. The summed E-state index contributed by atoms with van der Waals surface area (Å²) >= 11 is 1.42. The molecular weight excluding hydrogens is 240 g/mol. The summed E-state index contributed by atoms with van der Waals surface area (Å²) in [6, 6.07) is 1.74. The van der Waals surface area contributed by atoms with Gasteiger partial charge in [-0.2, -0.15) is 0 Å². The molecule has 0 unspecified atom stereocenters. The van der Waals surface area contributed by atoms with Crippen LogP contribution < -0.4 is 5.56 Å².